The Morgan fingerprint density at radius 1 is 1.13 bits per heavy atom. The van der Waals surface area contributed by atoms with Crippen LogP contribution in [0.1, 0.15) is 29.2 Å². The molecular formula is C16H14FN3O2S. The Labute approximate surface area is 133 Å². The zero-order valence-electron chi connectivity index (χ0n) is 12.1. The van der Waals surface area contributed by atoms with Crippen molar-refractivity contribution in [2.45, 2.75) is 18.9 Å². The van der Waals surface area contributed by atoms with Crippen LogP contribution in [0.2, 0.25) is 0 Å². The number of halogens is 1. The summed E-state index contributed by atoms with van der Waals surface area (Å²) in [5.41, 5.74) is 3.66. The van der Waals surface area contributed by atoms with Gasteiger partial charge in [-0.3, -0.25) is 9.71 Å². The first-order valence-corrected chi connectivity index (χ1v) is 8.76. The van der Waals surface area contributed by atoms with E-state index in [2.05, 4.69) is 14.4 Å². The van der Waals surface area contributed by atoms with Crippen molar-refractivity contribution in [3.8, 4) is 0 Å². The van der Waals surface area contributed by atoms with Crippen molar-refractivity contribution in [1.29, 1.82) is 0 Å². The van der Waals surface area contributed by atoms with Gasteiger partial charge in [0.25, 0.3) is 10.2 Å². The largest absolute Gasteiger partial charge is 0.300 e. The Bertz CT molecular complexity index is 908. The lowest BCUT2D eigenvalue weighted by atomic mass is 9.93. The van der Waals surface area contributed by atoms with Crippen molar-refractivity contribution in [2.24, 2.45) is 4.99 Å². The topological polar surface area (TPSA) is 70.6 Å². The average Bonchev–Trinajstić information content (AvgIpc) is 2.54. The van der Waals surface area contributed by atoms with E-state index >= 15 is 0 Å². The fourth-order valence-corrected chi connectivity index (χ4v) is 4.12. The van der Waals surface area contributed by atoms with Gasteiger partial charge in [-0.05, 0) is 36.1 Å². The zero-order valence-corrected chi connectivity index (χ0v) is 12.9. The Morgan fingerprint density at radius 2 is 1.91 bits per heavy atom. The number of nitrogens with zero attached hydrogens (tertiary/aromatic N) is 1. The number of nitrogens with one attached hydrogen (secondary N) is 2. The van der Waals surface area contributed by atoms with Crippen molar-refractivity contribution in [3.05, 3.63) is 58.9 Å². The number of benzene rings is 2. The molecule has 2 aromatic rings. The molecule has 1 atom stereocenters. The number of fused-ring (bicyclic) bond motifs is 3. The average molecular weight is 331 g/mol. The van der Waals surface area contributed by atoms with Crippen molar-refractivity contribution in [2.75, 3.05) is 4.72 Å². The van der Waals surface area contributed by atoms with Crippen LogP contribution in [-0.4, -0.2) is 14.6 Å². The molecule has 0 radical (unpaired) electrons. The fraction of sp³-hybridized carbons (Fsp3) is 0.188. The van der Waals surface area contributed by atoms with Gasteiger partial charge in [0.15, 0.2) is 0 Å². The van der Waals surface area contributed by atoms with Gasteiger partial charge in [0, 0.05) is 11.8 Å². The number of aliphatic imine (C=N–C) groups is 1. The van der Waals surface area contributed by atoms with E-state index in [-0.39, 0.29) is 5.82 Å². The monoisotopic (exact) mass is 331 g/mol. The molecule has 0 spiro atoms. The molecule has 0 fully saturated rings. The molecule has 7 heteroatoms. The Hall–Kier alpha value is -2.25. The highest BCUT2D eigenvalue weighted by Gasteiger charge is 2.32. The lowest BCUT2D eigenvalue weighted by Gasteiger charge is -2.30. The molecule has 1 unspecified atom stereocenters. The summed E-state index contributed by atoms with van der Waals surface area (Å²) in [5, 5.41) is 0. The Kier molecular flexibility index (Phi) is 3.21. The van der Waals surface area contributed by atoms with Gasteiger partial charge in [0.05, 0.1) is 17.4 Å². The molecule has 0 amide bonds. The van der Waals surface area contributed by atoms with Gasteiger partial charge in [0.1, 0.15) is 5.82 Å². The van der Waals surface area contributed by atoms with Gasteiger partial charge < -0.3 is 0 Å². The second-order valence-corrected chi connectivity index (χ2v) is 7.04. The summed E-state index contributed by atoms with van der Waals surface area (Å²) in [4.78, 5) is 4.37. The number of aryl methyl sites for hydroxylation is 1. The minimum atomic E-state index is -3.70. The second kappa shape index (κ2) is 5.14. The van der Waals surface area contributed by atoms with E-state index in [4.69, 9.17) is 0 Å². The van der Waals surface area contributed by atoms with Crippen molar-refractivity contribution < 1.29 is 12.8 Å². The van der Waals surface area contributed by atoms with Gasteiger partial charge in [-0.15, -0.1) is 0 Å². The lowest BCUT2D eigenvalue weighted by Crippen LogP contribution is -2.39. The van der Waals surface area contributed by atoms with E-state index in [0.717, 1.165) is 24.0 Å². The summed E-state index contributed by atoms with van der Waals surface area (Å²) in [6.07, 6.45) is 3.48. The first kappa shape index (κ1) is 14.3. The normalized spacial score (nSPS) is 21.2. The minimum Gasteiger partial charge on any atom is -0.269 e. The molecule has 4 rings (SSSR count). The molecule has 2 N–H and O–H groups in total. The highest BCUT2D eigenvalue weighted by Crippen LogP contribution is 2.42. The Balaban J connectivity index is 1.91. The first-order valence-electron chi connectivity index (χ1n) is 7.27. The third-order valence-corrected chi connectivity index (χ3v) is 5.10. The third kappa shape index (κ3) is 2.51. The molecule has 23 heavy (non-hydrogen) atoms. The summed E-state index contributed by atoms with van der Waals surface area (Å²) < 4.78 is 42.7. The molecule has 118 valence electrons. The molecule has 2 aromatic carbocycles. The lowest BCUT2D eigenvalue weighted by molar-refractivity contribution is 0.573. The van der Waals surface area contributed by atoms with Crippen molar-refractivity contribution in [1.82, 2.24) is 4.72 Å². The maximum atomic E-state index is 13.2. The van der Waals surface area contributed by atoms with E-state index in [1.54, 1.807) is 18.3 Å². The molecule has 2 aliphatic rings. The van der Waals surface area contributed by atoms with Crippen LogP contribution in [0.15, 0.2) is 41.4 Å². The zero-order chi connectivity index (χ0) is 16.0. The van der Waals surface area contributed by atoms with Gasteiger partial charge in [-0.2, -0.15) is 13.1 Å². The third-order valence-electron chi connectivity index (χ3n) is 4.08. The number of anilines is 1. The van der Waals surface area contributed by atoms with Gasteiger partial charge in [-0.25, -0.2) is 4.39 Å². The van der Waals surface area contributed by atoms with E-state index in [1.165, 1.54) is 12.1 Å². The second-order valence-electron chi connectivity index (χ2n) is 5.60. The van der Waals surface area contributed by atoms with Crippen LogP contribution in [0.4, 0.5) is 15.8 Å². The number of hydrogen-bond acceptors (Lipinski definition) is 3. The highest BCUT2D eigenvalue weighted by atomic mass is 32.2. The predicted octanol–water partition coefficient (Wildman–Crippen LogP) is 2.82. The quantitative estimate of drug-likeness (QED) is 0.843. The fourth-order valence-electron chi connectivity index (χ4n) is 3.01. The number of hydrogen-bond donors (Lipinski definition) is 2. The SMILES string of the molecule is O=S1(=O)Nc2c(ccc3c2N=CCC3)C(c2ccc(F)cc2)N1. The highest BCUT2D eigenvalue weighted by molar-refractivity contribution is 7.90. The standard InChI is InChI=1S/C16H14FN3O2S/c17-12-6-3-11(4-7-12)14-13-8-5-10-2-1-9-18-15(10)16(13)20-23(21,22)19-14/h3-9,14,19-20H,1-2H2. The van der Waals surface area contributed by atoms with Crippen LogP contribution in [0.3, 0.4) is 0 Å². The van der Waals surface area contributed by atoms with Crippen molar-refractivity contribution in [3.63, 3.8) is 0 Å². The van der Waals surface area contributed by atoms with Crippen LogP contribution >= 0.6 is 0 Å². The number of rotatable bonds is 1. The molecular weight excluding hydrogens is 317 g/mol. The summed E-state index contributed by atoms with van der Waals surface area (Å²) >= 11 is 0. The maximum Gasteiger partial charge on any atom is 0.300 e. The van der Waals surface area contributed by atoms with E-state index < -0.39 is 16.3 Å². The van der Waals surface area contributed by atoms with Crippen LogP contribution in [0.25, 0.3) is 0 Å². The van der Waals surface area contributed by atoms with Crippen LogP contribution in [0.5, 0.6) is 0 Å². The maximum absolute atomic E-state index is 13.2. The molecule has 2 aliphatic heterocycles. The van der Waals surface area contributed by atoms with Crippen LogP contribution in [-0.2, 0) is 16.6 Å². The molecule has 5 nitrogen and oxygen atoms in total. The summed E-state index contributed by atoms with van der Waals surface area (Å²) in [7, 11) is -3.70. The minimum absolute atomic E-state index is 0.360. The molecule has 0 saturated carbocycles. The summed E-state index contributed by atoms with van der Waals surface area (Å²) in [5.74, 6) is -0.360. The van der Waals surface area contributed by atoms with E-state index in [1.807, 2.05) is 12.1 Å². The molecule has 0 bridgehead atoms. The van der Waals surface area contributed by atoms with Crippen molar-refractivity contribution >= 4 is 27.8 Å². The van der Waals surface area contributed by atoms with E-state index in [9.17, 15) is 12.8 Å². The smallest absolute Gasteiger partial charge is 0.269 e. The van der Waals surface area contributed by atoms with Crippen LogP contribution in [0, 0.1) is 5.82 Å². The van der Waals surface area contributed by atoms with Crippen LogP contribution < -0.4 is 9.44 Å². The first-order chi connectivity index (χ1) is 11.0. The molecule has 0 aliphatic carbocycles. The molecule has 2 heterocycles. The van der Waals surface area contributed by atoms with Gasteiger partial charge in [0.2, 0.25) is 0 Å². The van der Waals surface area contributed by atoms with E-state index in [0.29, 0.717) is 16.9 Å². The van der Waals surface area contributed by atoms with Gasteiger partial charge in [-0.1, -0.05) is 24.3 Å². The molecule has 0 aromatic heterocycles. The summed E-state index contributed by atoms with van der Waals surface area (Å²) in [6.45, 7) is 0. The predicted molar refractivity (Wildman–Crippen MR) is 86.8 cm³/mol. The van der Waals surface area contributed by atoms with Gasteiger partial charge >= 0.3 is 0 Å². The molecule has 0 saturated heterocycles. The Morgan fingerprint density at radius 3 is 2.70 bits per heavy atom. The summed E-state index contributed by atoms with van der Waals surface area (Å²) in [6, 6.07) is 9.12.